The number of aromatic nitrogens is 1. The van der Waals surface area contributed by atoms with Crippen LogP contribution in [0.25, 0.3) is 10.9 Å². The van der Waals surface area contributed by atoms with E-state index in [2.05, 4.69) is 17.2 Å². The number of hydrogen-bond donors (Lipinski definition) is 2. The van der Waals surface area contributed by atoms with Gasteiger partial charge in [0, 0.05) is 23.4 Å². The fourth-order valence-corrected chi connectivity index (χ4v) is 4.98. The molecule has 0 radical (unpaired) electrons. The number of thioether (sulfide) groups is 1. The molecule has 2 saturated heterocycles. The molecule has 2 atom stereocenters. The van der Waals surface area contributed by atoms with Crippen LogP contribution in [0.2, 0.25) is 0 Å². The lowest BCUT2D eigenvalue weighted by Crippen LogP contribution is -2.49. The SMILES string of the molecule is C[C@@]12CCC(=O)N1[C@H](C(=O)NCc1cc3ccccc3[nH]1)CS2. The summed E-state index contributed by atoms with van der Waals surface area (Å²) >= 11 is 1.72. The number of nitrogens with one attached hydrogen (secondary N) is 2. The number of para-hydroxylation sites is 1. The summed E-state index contributed by atoms with van der Waals surface area (Å²) in [5.41, 5.74) is 2.04. The number of nitrogens with zero attached hydrogens (tertiary/aromatic N) is 1. The van der Waals surface area contributed by atoms with E-state index in [1.807, 2.05) is 30.3 Å². The van der Waals surface area contributed by atoms with Crippen molar-refractivity contribution in [3.8, 4) is 0 Å². The molecule has 3 heterocycles. The van der Waals surface area contributed by atoms with E-state index in [-0.39, 0.29) is 22.7 Å². The van der Waals surface area contributed by atoms with E-state index >= 15 is 0 Å². The topological polar surface area (TPSA) is 65.2 Å². The first-order chi connectivity index (χ1) is 11.1. The van der Waals surface area contributed by atoms with Crippen LogP contribution >= 0.6 is 11.8 Å². The zero-order valence-electron chi connectivity index (χ0n) is 13.0. The van der Waals surface area contributed by atoms with Crippen molar-refractivity contribution in [1.82, 2.24) is 15.2 Å². The summed E-state index contributed by atoms with van der Waals surface area (Å²) in [6.45, 7) is 2.51. The molecule has 2 amide bonds. The molecule has 2 N–H and O–H groups in total. The van der Waals surface area contributed by atoms with Crippen molar-refractivity contribution in [1.29, 1.82) is 0 Å². The number of rotatable bonds is 3. The molecular weight excluding hydrogens is 310 g/mol. The molecule has 2 aromatic rings. The Morgan fingerprint density at radius 1 is 1.48 bits per heavy atom. The third-order valence-electron chi connectivity index (χ3n) is 4.79. The van der Waals surface area contributed by atoms with Crippen LogP contribution < -0.4 is 5.32 Å². The second-order valence-electron chi connectivity index (χ2n) is 6.37. The van der Waals surface area contributed by atoms with Gasteiger partial charge in [0.25, 0.3) is 0 Å². The third kappa shape index (κ3) is 2.41. The number of benzene rings is 1. The molecule has 4 rings (SSSR count). The van der Waals surface area contributed by atoms with Gasteiger partial charge in [-0.1, -0.05) is 18.2 Å². The van der Waals surface area contributed by atoms with Crippen LogP contribution in [0.4, 0.5) is 0 Å². The molecule has 5 nitrogen and oxygen atoms in total. The summed E-state index contributed by atoms with van der Waals surface area (Å²) in [5, 5.41) is 4.11. The summed E-state index contributed by atoms with van der Waals surface area (Å²) in [4.78, 5) is 29.5. The van der Waals surface area contributed by atoms with Crippen LogP contribution in [0.3, 0.4) is 0 Å². The first-order valence-electron chi connectivity index (χ1n) is 7.87. The van der Waals surface area contributed by atoms with Crippen molar-refractivity contribution in [2.75, 3.05) is 5.75 Å². The average molecular weight is 329 g/mol. The minimum atomic E-state index is -0.343. The summed E-state index contributed by atoms with van der Waals surface area (Å²) in [5.74, 6) is 0.722. The van der Waals surface area contributed by atoms with Crippen molar-refractivity contribution < 1.29 is 9.59 Å². The standard InChI is InChI=1S/C17H19N3O2S/c1-17-7-6-15(21)20(17)14(10-23-17)16(22)18-9-12-8-11-4-2-3-5-13(11)19-12/h2-5,8,14,19H,6-7,9-10H2,1H3,(H,18,22)/t14-,17+/m0/s1. The maximum absolute atomic E-state index is 12.5. The van der Waals surface area contributed by atoms with Crippen molar-refractivity contribution >= 4 is 34.5 Å². The zero-order valence-corrected chi connectivity index (χ0v) is 13.8. The van der Waals surface area contributed by atoms with E-state index in [4.69, 9.17) is 0 Å². The van der Waals surface area contributed by atoms with E-state index in [0.29, 0.717) is 18.7 Å². The van der Waals surface area contributed by atoms with E-state index in [0.717, 1.165) is 23.0 Å². The first kappa shape index (κ1) is 14.6. The second-order valence-corrected chi connectivity index (χ2v) is 7.87. The number of carbonyl (C=O) groups excluding carboxylic acids is 2. The molecule has 0 bridgehead atoms. The van der Waals surface area contributed by atoms with Gasteiger partial charge in [0.2, 0.25) is 11.8 Å². The fourth-order valence-electron chi connectivity index (χ4n) is 3.54. The molecule has 23 heavy (non-hydrogen) atoms. The van der Waals surface area contributed by atoms with Gasteiger partial charge in [0.15, 0.2) is 0 Å². The molecule has 6 heteroatoms. The summed E-state index contributed by atoms with van der Waals surface area (Å²) < 4.78 is 0. The highest BCUT2D eigenvalue weighted by molar-refractivity contribution is 8.01. The van der Waals surface area contributed by atoms with Crippen LogP contribution in [0.15, 0.2) is 30.3 Å². The highest BCUT2D eigenvalue weighted by Gasteiger charge is 2.52. The van der Waals surface area contributed by atoms with Gasteiger partial charge in [0.05, 0.1) is 11.4 Å². The Morgan fingerprint density at radius 2 is 2.30 bits per heavy atom. The highest BCUT2D eigenvalue weighted by Crippen LogP contribution is 2.47. The first-order valence-corrected chi connectivity index (χ1v) is 8.86. The van der Waals surface area contributed by atoms with Gasteiger partial charge in [-0.3, -0.25) is 9.59 Å². The Labute approximate surface area is 138 Å². The zero-order chi connectivity index (χ0) is 16.0. The number of amides is 2. The Hall–Kier alpha value is -1.95. The molecular formula is C17H19N3O2S. The predicted octanol–water partition coefficient (Wildman–Crippen LogP) is 2.24. The molecule has 1 aromatic carbocycles. The van der Waals surface area contributed by atoms with Gasteiger partial charge < -0.3 is 15.2 Å². The lowest BCUT2D eigenvalue weighted by Gasteiger charge is -2.29. The van der Waals surface area contributed by atoms with Gasteiger partial charge in [0.1, 0.15) is 6.04 Å². The molecule has 2 fully saturated rings. The lowest BCUT2D eigenvalue weighted by molar-refractivity contribution is -0.138. The van der Waals surface area contributed by atoms with Gasteiger partial charge in [-0.25, -0.2) is 0 Å². The van der Waals surface area contributed by atoms with Crippen molar-refractivity contribution in [3.63, 3.8) is 0 Å². The van der Waals surface area contributed by atoms with Gasteiger partial charge in [-0.15, -0.1) is 11.8 Å². The Morgan fingerprint density at radius 3 is 3.13 bits per heavy atom. The van der Waals surface area contributed by atoms with Crippen LogP contribution in [0, 0.1) is 0 Å². The van der Waals surface area contributed by atoms with Crippen LogP contribution in [-0.4, -0.2) is 38.4 Å². The number of H-pyrrole nitrogens is 1. The molecule has 0 spiro atoms. The van der Waals surface area contributed by atoms with E-state index < -0.39 is 0 Å². The summed E-state index contributed by atoms with van der Waals surface area (Å²) in [6.07, 6.45) is 1.39. The molecule has 0 unspecified atom stereocenters. The minimum absolute atomic E-state index is 0.0601. The number of hydrogen-bond acceptors (Lipinski definition) is 3. The van der Waals surface area contributed by atoms with Crippen LogP contribution in [0.5, 0.6) is 0 Å². The molecule has 1 aromatic heterocycles. The van der Waals surface area contributed by atoms with Crippen molar-refractivity contribution in [3.05, 3.63) is 36.0 Å². The van der Waals surface area contributed by atoms with Gasteiger partial charge >= 0.3 is 0 Å². The number of fused-ring (bicyclic) bond motifs is 2. The second kappa shape index (κ2) is 5.30. The normalized spacial score (nSPS) is 26.7. The molecule has 2 aliphatic heterocycles. The van der Waals surface area contributed by atoms with Gasteiger partial charge in [-0.05, 0) is 30.9 Å². The molecule has 0 saturated carbocycles. The van der Waals surface area contributed by atoms with E-state index in [9.17, 15) is 9.59 Å². The maximum atomic E-state index is 12.5. The Kier molecular flexibility index (Phi) is 3.37. The minimum Gasteiger partial charge on any atom is -0.357 e. The largest absolute Gasteiger partial charge is 0.357 e. The van der Waals surface area contributed by atoms with Crippen molar-refractivity contribution in [2.24, 2.45) is 0 Å². The third-order valence-corrected chi connectivity index (χ3v) is 6.29. The quantitative estimate of drug-likeness (QED) is 0.908. The summed E-state index contributed by atoms with van der Waals surface area (Å²) in [6, 6.07) is 9.74. The average Bonchev–Trinajstić information content (AvgIpc) is 3.18. The highest BCUT2D eigenvalue weighted by atomic mass is 32.2. The van der Waals surface area contributed by atoms with E-state index in [1.54, 1.807) is 16.7 Å². The van der Waals surface area contributed by atoms with E-state index in [1.165, 1.54) is 0 Å². The van der Waals surface area contributed by atoms with Crippen molar-refractivity contribution in [2.45, 2.75) is 37.2 Å². The maximum Gasteiger partial charge on any atom is 0.244 e. The molecule has 120 valence electrons. The fraction of sp³-hybridized carbons (Fsp3) is 0.412. The number of aromatic amines is 1. The summed E-state index contributed by atoms with van der Waals surface area (Å²) in [7, 11) is 0. The molecule has 0 aliphatic carbocycles. The monoisotopic (exact) mass is 329 g/mol. The Bertz CT molecular complexity index is 754. The Balaban J connectivity index is 1.45. The smallest absolute Gasteiger partial charge is 0.244 e. The van der Waals surface area contributed by atoms with Crippen LogP contribution in [-0.2, 0) is 16.1 Å². The predicted molar refractivity (Wildman–Crippen MR) is 90.9 cm³/mol. The molecule has 2 aliphatic rings. The number of carbonyl (C=O) groups is 2. The van der Waals surface area contributed by atoms with Crippen LogP contribution in [0.1, 0.15) is 25.5 Å². The lowest BCUT2D eigenvalue weighted by atomic mass is 10.2. The van der Waals surface area contributed by atoms with Gasteiger partial charge in [-0.2, -0.15) is 0 Å².